The van der Waals surface area contributed by atoms with Crippen molar-refractivity contribution in [3.05, 3.63) is 29.3 Å². The Labute approximate surface area is 121 Å². The van der Waals surface area contributed by atoms with E-state index in [1.54, 1.807) is 30.0 Å². The Bertz CT molecular complexity index is 549. The molecular formula is C15H17F3N2O. The lowest BCUT2D eigenvalue weighted by Crippen LogP contribution is -2.42. The summed E-state index contributed by atoms with van der Waals surface area (Å²) in [6.07, 6.45) is -4.43. The third kappa shape index (κ3) is 3.48. The standard InChI is InChI=1S/C15H17F3N2O/c1-10(21)13-5-4-11(8-19)7-14(13)20-6-2-3-12(9-20)15(16,17)18/h4-5,7,10,12,21H,2-3,6,9H2,1H3. The second kappa shape index (κ2) is 5.94. The SMILES string of the molecule is CC(O)c1ccc(C#N)cc1N1CCCC(C(F)(F)F)C1. The monoisotopic (exact) mass is 298 g/mol. The van der Waals surface area contributed by atoms with E-state index in [2.05, 4.69) is 0 Å². The molecule has 2 rings (SSSR count). The predicted octanol–water partition coefficient (Wildman–Crippen LogP) is 3.39. The molecule has 3 nitrogen and oxygen atoms in total. The minimum atomic E-state index is -4.21. The van der Waals surface area contributed by atoms with Crippen molar-refractivity contribution in [3.8, 4) is 6.07 Å². The molecule has 114 valence electrons. The quantitative estimate of drug-likeness (QED) is 0.910. The van der Waals surface area contributed by atoms with Crippen LogP contribution in [0.2, 0.25) is 0 Å². The van der Waals surface area contributed by atoms with Gasteiger partial charge in [0, 0.05) is 24.3 Å². The van der Waals surface area contributed by atoms with Crippen LogP contribution in [0.15, 0.2) is 18.2 Å². The molecule has 1 fully saturated rings. The maximum Gasteiger partial charge on any atom is 0.393 e. The number of aliphatic hydroxyl groups excluding tert-OH is 1. The molecule has 0 spiro atoms. The van der Waals surface area contributed by atoms with Crippen LogP contribution in [0.3, 0.4) is 0 Å². The molecule has 21 heavy (non-hydrogen) atoms. The van der Waals surface area contributed by atoms with E-state index in [1.807, 2.05) is 6.07 Å². The molecule has 1 heterocycles. The molecule has 1 aliphatic heterocycles. The predicted molar refractivity (Wildman–Crippen MR) is 72.8 cm³/mol. The number of nitriles is 1. The van der Waals surface area contributed by atoms with E-state index >= 15 is 0 Å². The summed E-state index contributed by atoms with van der Waals surface area (Å²) in [6, 6.07) is 6.71. The number of alkyl halides is 3. The molecular weight excluding hydrogens is 281 g/mol. The molecule has 1 aromatic carbocycles. The first-order chi connectivity index (χ1) is 9.82. The van der Waals surface area contributed by atoms with Crippen LogP contribution in [0.5, 0.6) is 0 Å². The minimum Gasteiger partial charge on any atom is -0.389 e. The van der Waals surface area contributed by atoms with Crippen LogP contribution in [0.4, 0.5) is 18.9 Å². The zero-order valence-electron chi connectivity index (χ0n) is 11.7. The maximum atomic E-state index is 12.9. The average Bonchev–Trinajstić information content (AvgIpc) is 2.45. The van der Waals surface area contributed by atoms with Crippen LogP contribution in [0, 0.1) is 17.2 Å². The van der Waals surface area contributed by atoms with Crippen LogP contribution < -0.4 is 4.90 Å². The van der Waals surface area contributed by atoms with E-state index in [0.29, 0.717) is 29.8 Å². The number of benzene rings is 1. The summed E-state index contributed by atoms with van der Waals surface area (Å²) in [4.78, 5) is 1.63. The highest BCUT2D eigenvalue weighted by Gasteiger charge is 2.42. The normalized spacial score (nSPS) is 21.0. The van der Waals surface area contributed by atoms with Crippen molar-refractivity contribution in [1.82, 2.24) is 0 Å². The molecule has 0 amide bonds. The largest absolute Gasteiger partial charge is 0.393 e. The topological polar surface area (TPSA) is 47.3 Å². The van der Waals surface area contributed by atoms with Crippen molar-refractivity contribution in [1.29, 1.82) is 5.26 Å². The number of anilines is 1. The second-order valence-electron chi connectivity index (χ2n) is 5.39. The Balaban J connectivity index is 2.34. The average molecular weight is 298 g/mol. The van der Waals surface area contributed by atoms with Crippen LogP contribution in [0.1, 0.15) is 37.0 Å². The number of rotatable bonds is 2. The lowest BCUT2D eigenvalue weighted by molar-refractivity contribution is -0.176. The van der Waals surface area contributed by atoms with Gasteiger partial charge in [-0.3, -0.25) is 0 Å². The van der Waals surface area contributed by atoms with E-state index in [-0.39, 0.29) is 13.0 Å². The van der Waals surface area contributed by atoms with Crippen molar-refractivity contribution in [2.45, 2.75) is 32.0 Å². The van der Waals surface area contributed by atoms with Gasteiger partial charge in [0.2, 0.25) is 0 Å². The van der Waals surface area contributed by atoms with E-state index in [1.165, 1.54) is 0 Å². The number of halogens is 3. The Morgan fingerprint density at radius 2 is 2.14 bits per heavy atom. The number of piperidine rings is 1. The third-order valence-corrected chi connectivity index (χ3v) is 3.83. The van der Waals surface area contributed by atoms with E-state index in [4.69, 9.17) is 5.26 Å². The summed E-state index contributed by atoms with van der Waals surface area (Å²) in [7, 11) is 0. The molecule has 0 aromatic heterocycles. The van der Waals surface area contributed by atoms with Crippen molar-refractivity contribution in [2.75, 3.05) is 18.0 Å². The van der Waals surface area contributed by atoms with E-state index in [9.17, 15) is 18.3 Å². The fourth-order valence-corrected chi connectivity index (χ4v) is 2.70. The molecule has 1 aliphatic rings. The Morgan fingerprint density at radius 3 is 2.71 bits per heavy atom. The Morgan fingerprint density at radius 1 is 1.43 bits per heavy atom. The zero-order valence-corrected chi connectivity index (χ0v) is 11.7. The van der Waals surface area contributed by atoms with Gasteiger partial charge in [0.1, 0.15) is 0 Å². The minimum absolute atomic E-state index is 0.127. The molecule has 0 radical (unpaired) electrons. The van der Waals surface area contributed by atoms with Crippen LogP contribution in [0.25, 0.3) is 0 Å². The molecule has 2 unspecified atom stereocenters. The van der Waals surface area contributed by atoms with Crippen molar-refractivity contribution >= 4 is 5.69 Å². The first-order valence-corrected chi connectivity index (χ1v) is 6.86. The summed E-state index contributed by atoms with van der Waals surface area (Å²) in [6.45, 7) is 1.94. The van der Waals surface area contributed by atoms with Gasteiger partial charge in [-0.15, -0.1) is 0 Å². The molecule has 6 heteroatoms. The molecule has 0 bridgehead atoms. The molecule has 1 N–H and O–H groups in total. The van der Waals surface area contributed by atoms with Gasteiger partial charge in [0.05, 0.1) is 23.7 Å². The molecule has 2 atom stereocenters. The number of nitrogens with zero attached hydrogens (tertiary/aromatic N) is 2. The fraction of sp³-hybridized carbons (Fsp3) is 0.533. The fourth-order valence-electron chi connectivity index (χ4n) is 2.70. The second-order valence-corrected chi connectivity index (χ2v) is 5.39. The summed E-state index contributed by atoms with van der Waals surface area (Å²) in [5.41, 5.74) is 1.46. The summed E-state index contributed by atoms with van der Waals surface area (Å²) < 4.78 is 38.7. The first-order valence-electron chi connectivity index (χ1n) is 6.86. The molecule has 1 saturated heterocycles. The lowest BCUT2D eigenvalue weighted by atomic mass is 9.95. The summed E-state index contributed by atoms with van der Waals surface area (Å²) >= 11 is 0. The van der Waals surface area contributed by atoms with Crippen LogP contribution >= 0.6 is 0 Å². The Hall–Kier alpha value is -1.74. The van der Waals surface area contributed by atoms with Gasteiger partial charge in [0.25, 0.3) is 0 Å². The first kappa shape index (κ1) is 15.6. The molecule has 0 aliphatic carbocycles. The van der Waals surface area contributed by atoms with Gasteiger partial charge >= 0.3 is 6.18 Å². The molecule has 0 saturated carbocycles. The van der Waals surface area contributed by atoms with Crippen molar-refractivity contribution < 1.29 is 18.3 Å². The van der Waals surface area contributed by atoms with Gasteiger partial charge in [-0.25, -0.2) is 0 Å². The van der Waals surface area contributed by atoms with E-state index in [0.717, 1.165) is 0 Å². The van der Waals surface area contributed by atoms with Crippen molar-refractivity contribution in [3.63, 3.8) is 0 Å². The number of hydrogen-bond donors (Lipinski definition) is 1. The highest BCUT2D eigenvalue weighted by molar-refractivity contribution is 5.58. The summed E-state index contributed by atoms with van der Waals surface area (Å²) in [5.74, 6) is -1.36. The summed E-state index contributed by atoms with van der Waals surface area (Å²) in [5, 5.41) is 18.8. The van der Waals surface area contributed by atoms with Crippen LogP contribution in [-0.4, -0.2) is 24.4 Å². The van der Waals surface area contributed by atoms with Crippen molar-refractivity contribution in [2.24, 2.45) is 5.92 Å². The van der Waals surface area contributed by atoms with Gasteiger partial charge in [-0.1, -0.05) is 6.07 Å². The highest BCUT2D eigenvalue weighted by atomic mass is 19.4. The third-order valence-electron chi connectivity index (χ3n) is 3.83. The lowest BCUT2D eigenvalue weighted by Gasteiger charge is -2.36. The van der Waals surface area contributed by atoms with Crippen LogP contribution in [-0.2, 0) is 0 Å². The highest BCUT2D eigenvalue weighted by Crippen LogP contribution is 2.37. The smallest absolute Gasteiger partial charge is 0.389 e. The van der Waals surface area contributed by atoms with Gasteiger partial charge in [-0.05, 0) is 31.9 Å². The maximum absolute atomic E-state index is 12.9. The number of aliphatic hydroxyl groups is 1. The number of hydrogen-bond acceptors (Lipinski definition) is 3. The van der Waals surface area contributed by atoms with E-state index < -0.39 is 18.2 Å². The van der Waals surface area contributed by atoms with Gasteiger partial charge in [-0.2, -0.15) is 18.4 Å². The van der Waals surface area contributed by atoms with Gasteiger partial charge in [0.15, 0.2) is 0 Å². The van der Waals surface area contributed by atoms with Gasteiger partial charge < -0.3 is 10.0 Å². The molecule has 1 aromatic rings. The Kier molecular flexibility index (Phi) is 4.43. The zero-order chi connectivity index (χ0) is 15.6.